The van der Waals surface area contributed by atoms with Gasteiger partial charge in [0.1, 0.15) is 0 Å². The van der Waals surface area contributed by atoms with E-state index in [9.17, 15) is 31.1 Å². The number of hydrogen-bond donors (Lipinski definition) is 0. The number of halogens is 8. The predicted molar refractivity (Wildman–Crippen MR) is 27.4 cm³/mol. The van der Waals surface area contributed by atoms with Gasteiger partial charge in [0.15, 0.2) is 3.60 Å². The highest BCUT2D eigenvalue weighted by molar-refractivity contribution is 8.49. The first-order valence-corrected chi connectivity index (χ1v) is 4.80. The lowest BCUT2D eigenvalue weighted by atomic mass is 13.9. The Labute approximate surface area is 56.8 Å². The smallest absolute Gasteiger partial charge is 0.0526 e. The Morgan fingerprint density at radius 3 is 1.09 bits per heavy atom. The lowest BCUT2D eigenvalue weighted by Crippen LogP contribution is -1.95. The highest BCUT2D eigenvalue weighted by Crippen LogP contribution is 3.00. The van der Waals surface area contributed by atoms with Gasteiger partial charge in [0, 0.05) is 0 Å². The van der Waals surface area contributed by atoms with Gasteiger partial charge in [-0.25, -0.2) is 0 Å². The molecule has 72 valence electrons. The van der Waals surface area contributed by atoms with Crippen LogP contribution in [0.15, 0.2) is 0 Å². The van der Waals surface area contributed by atoms with Gasteiger partial charge in [-0.15, -0.1) is 0 Å². The Morgan fingerprint density at radius 1 is 0.818 bits per heavy atom. The summed E-state index contributed by atoms with van der Waals surface area (Å²) in [7, 11) is -17.7. The summed E-state index contributed by atoms with van der Waals surface area (Å²) in [5.74, 6) is 0. The highest BCUT2D eigenvalue weighted by Gasteiger charge is 2.79. The predicted octanol–water partition coefficient (Wildman–Crippen LogP) is 4.95. The second-order valence-corrected chi connectivity index (χ2v) is 4.60. The van der Waals surface area contributed by atoms with Gasteiger partial charge in [-0.05, 0) is 19.4 Å². The van der Waals surface area contributed by atoms with Crippen molar-refractivity contribution in [1.82, 2.24) is 0 Å². The molecule has 0 saturated heterocycles. The number of nitrogens with zero attached hydrogens (tertiary/aromatic N) is 1. The van der Waals surface area contributed by atoms with Crippen LogP contribution in [-0.4, -0.2) is 0 Å². The van der Waals surface area contributed by atoms with Gasteiger partial charge in [-0.2, -0.15) is 0 Å². The summed E-state index contributed by atoms with van der Waals surface area (Å²) in [5, 5.41) is 0. The molecular formula is F8NS2+. The molecule has 0 amide bonds. The van der Waals surface area contributed by atoms with E-state index in [1.54, 1.807) is 0 Å². The van der Waals surface area contributed by atoms with E-state index in [4.69, 9.17) is 0 Å². The van der Waals surface area contributed by atoms with Gasteiger partial charge >= 0.3 is 21.2 Å². The Morgan fingerprint density at radius 2 is 1.09 bits per heavy atom. The lowest BCUT2D eigenvalue weighted by molar-refractivity contribution is 0.384. The molecule has 0 N–H and O–H groups in total. The Bertz CT molecular complexity index is 257. The van der Waals surface area contributed by atoms with Crippen molar-refractivity contribution < 1.29 is 31.1 Å². The molecule has 0 heterocycles. The average molecular weight is 230 g/mol. The van der Waals surface area contributed by atoms with Gasteiger partial charge in [-0.3, -0.25) is 0 Å². The minimum absolute atomic E-state index is 0.326. The molecule has 0 fully saturated rings. The molecule has 0 saturated carbocycles. The van der Waals surface area contributed by atoms with Crippen molar-refractivity contribution in [2.75, 3.05) is 0 Å². The van der Waals surface area contributed by atoms with Crippen molar-refractivity contribution >= 4 is 21.2 Å². The van der Waals surface area contributed by atoms with Crippen LogP contribution in [0.3, 0.4) is 0 Å². The molecule has 0 aromatic heterocycles. The van der Waals surface area contributed by atoms with Crippen LogP contribution in [0.1, 0.15) is 0 Å². The van der Waals surface area contributed by atoms with E-state index < -0.39 is 21.2 Å². The Kier molecular flexibility index (Phi) is 1.59. The average Bonchev–Trinajstić information content (AvgIpc) is 1.05. The van der Waals surface area contributed by atoms with Crippen LogP contribution in [0.4, 0.5) is 31.1 Å². The summed E-state index contributed by atoms with van der Waals surface area (Å²) in [6.07, 6.45) is 0. The van der Waals surface area contributed by atoms with Crippen molar-refractivity contribution in [2.24, 2.45) is 0 Å². The second-order valence-electron chi connectivity index (χ2n) is 1.38. The lowest BCUT2D eigenvalue weighted by Gasteiger charge is -2.20. The molecule has 0 radical (unpaired) electrons. The first-order chi connectivity index (χ1) is 4.18. The monoisotopic (exact) mass is 230 g/mol. The van der Waals surface area contributed by atoms with Gasteiger partial charge in [0.2, 0.25) is 0 Å². The van der Waals surface area contributed by atoms with Crippen molar-refractivity contribution in [3.63, 3.8) is 0 Å². The van der Waals surface area contributed by atoms with Crippen LogP contribution >= 0.6 is 21.2 Å². The molecule has 0 unspecified atom stereocenters. The van der Waals surface area contributed by atoms with E-state index in [2.05, 4.69) is 0 Å². The molecule has 11 heteroatoms. The van der Waals surface area contributed by atoms with E-state index in [1.165, 1.54) is 0 Å². The van der Waals surface area contributed by atoms with Crippen LogP contribution in [0.5, 0.6) is 0 Å². The minimum atomic E-state index is -10.6. The van der Waals surface area contributed by atoms with E-state index >= 15 is 0 Å². The largest absolute Gasteiger partial charge is 0.589 e. The quantitative estimate of drug-likeness (QED) is 0.519. The van der Waals surface area contributed by atoms with Gasteiger partial charge < -0.3 is 0 Å². The van der Waals surface area contributed by atoms with Crippen molar-refractivity contribution in [1.29, 1.82) is 0 Å². The van der Waals surface area contributed by atoms with Crippen LogP contribution in [0.2, 0.25) is 0 Å². The van der Waals surface area contributed by atoms with Gasteiger partial charge in [0.05, 0.1) is 0 Å². The fraction of sp³-hybridized carbons (Fsp3) is 0. The summed E-state index contributed by atoms with van der Waals surface area (Å²) < 4.78 is 86.3. The van der Waals surface area contributed by atoms with E-state index in [0.29, 0.717) is 0 Å². The van der Waals surface area contributed by atoms with E-state index in [1.807, 2.05) is 0 Å². The third-order valence-corrected chi connectivity index (χ3v) is 2.03. The maximum Gasteiger partial charge on any atom is 0.589 e. The summed E-state index contributed by atoms with van der Waals surface area (Å²) in [4.78, 5) is 0. The van der Waals surface area contributed by atoms with Crippen LogP contribution in [0.25, 0.3) is 3.60 Å². The topological polar surface area (TPSA) is 4.36 Å². The molecule has 0 atom stereocenters. The summed E-state index contributed by atoms with van der Waals surface area (Å²) in [6, 6.07) is 0. The summed E-state index contributed by atoms with van der Waals surface area (Å²) in [6.45, 7) is 0. The third-order valence-electron chi connectivity index (χ3n) is 0.225. The molecule has 0 aliphatic rings. The maximum absolute atomic E-state index is 10.8. The zero-order valence-corrected chi connectivity index (χ0v) is 5.92. The molecule has 0 aliphatic heterocycles. The van der Waals surface area contributed by atoms with Crippen LogP contribution < -0.4 is 0 Å². The normalized spacial score (nSPS) is 20.0. The van der Waals surface area contributed by atoms with Gasteiger partial charge in [0.25, 0.3) is 0 Å². The molecule has 0 aromatic carbocycles. The standard InChI is InChI=1S/F8NS2/c1-10(2,3)9-11(4,5,6,7)8/q+1. The summed E-state index contributed by atoms with van der Waals surface area (Å²) >= 11 is 0. The molecule has 0 aliphatic carbocycles. The Balaban J connectivity index is 5.52. The zero-order valence-electron chi connectivity index (χ0n) is 4.29. The molecule has 0 bridgehead atoms. The SMILES string of the molecule is FS(F)(F)#[N+]S(F)(F)(F)(F)F. The minimum Gasteiger partial charge on any atom is -0.0526 e. The van der Waals surface area contributed by atoms with Crippen molar-refractivity contribution in [3.8, 4) is 0 Å². The highest BCUT2D eigenvalue weighted by atomic mass is 32.5. The molecule has 1 nitrogen and oxygen atoms in total. The Hall–Kier alpha value is -0.150. The molecular weight excluding hydrogens is 230 g/mol. The molecule has 11 heavy (non-hydrogen) atoms. The van der Waals surface area contributed by atoms with E-state index in [-0.39, 0.29) is 3.60 Å². The first kappa shape index (κ1) is 10.8. The summed E-state index contributed by atoms with van der Waals surface area (Å²) in [5.41, 5.74) is 0. The third kappa shape index (κ3) is 9.85. The van der Waals surface area contributed by atoms with Gasteiger partial charge in [-0.1, -0.05) is 11.7 Å². The number of hydrogen-bond acceptors (Lipinski definition) is 0. The van der Waals surface area contributed by atoms with Crippen molar-refractivity contribution in [2.45, 2.75) is 0 Å². The van der Waals surface area contributed by atoms with Crippen LogP contribution in [-0.2, 0) is 0 Å². The first-order valence-electron chi connectivity index (χ1n) is 1.60. The fourth-order valence-corrected chi connectivity index (χ4v) is 1.44. The van der Waals surface area contributed by atoms with Crippen molar-refractivity contribution in [3.05, 3.63) is 3.60 Å². The molecule has 0 aromatic rings. The van der Waals surface area contributed by atoms with Crippen LogP contribution in [0, 0.1) is 0 Å². The maximum atomic E-state index is 10.8. The van der Waals surface area contributed by atoms with E-state index in [0.717, 1.165) is 0 Å². The fourth-order valence-electron chi connectivity index (χ4n) is 0.160. The molecule has 0 spiro atoms. The zero-order chi connectivity index (χ0) is 9.62. The number of rotatable bonds is 0. The second kappa shape index (κ2) is 1.62. The molecule has 0 rings (SSSR count).